The van der Waals surface area contributed by atoms with Crippen molar-refractivity contribution >= 4 is 20.0 Å². The van der Waals surface area contributed by atoms with E-state index in [-0.39, 0.29) is 11.5 Å². The number of ether oxygens (including phenoxy) is 1. The fourth-order valence-electron chi connectivity index (χ4n) is 3.30. The van der Waals surface area contributed by atoms with Gasteiger partial charge in [0.2, 0.25) is 0 Å². The summed E-state index contributed by atoms with van der Waals surface area (Å²) >= 11 is 0. The molecule has 6 heteroatoms. The average molecular weight is 426 g/mol. The first-order valence-corrected chi connectivity index (χ1v) is 13.1. The highest BCUT2D eigenvalue weighted by Crippen LogP contribution is 2.47. The predicted octanol–water partition coefficient (Wildman–Crippen LogP) is 5.49. The lowest BCUT2D eigenvalue weighted by atomic mass is 9.85. The van der Waals surface area contributed by atoms with Crippen LogP contribution in [-0.4, -0.2) is 32.7 Å². The second-order valence-electron chi connectivity index (χ2n) is 9.22. The van der Waals surface area contributed by atoms with E-state index in [1.165, 1.54) is 7.11 Å². The molecule has 5 nitrogen and oxygen atoms in total. The molecule has 0 unspecified atom stereocenters. The highest BCUT2D eigenvalue weighted by molar-refractivity contribution is 6.74. The summed E-state index contributed by atoms with van der Waals surface area (Å²) in [4.78, 5) is 19.1. The molecular weight excluding hydrogens is 394 g/mol. The molecule has 0 amide bonds. The van der Waals surface area contributed by atoms with Crippen LogP contribution in [0.3, 0.4) is 0 Å². The van der Waals surface area contributed by atoms with Crippen molar-refractivity contribution in [1.82, 2.24) is 0 Å². The maximum Gasteiger partial charge on any atom is 0.356 e. The summed E-state index contributed by atoms with van der Waals surface area (Å²) in [6.45, 7) is 10.9. The number of benzene rings is 2. The lowest BCUT2D eigenvalue weighted by Gasteiger charge is -2.43. The van der Waals surface area contributed by atoms with Crippen molar-refractivity contribution in [1.29, 1.82) is 0 Å². The fraction of sp³-hybridized carbons (Fsp3) is 0.417. The van der Waals surface area contributed by atoms with Crippen LogP contribution >= 0.6 is 0 Å². The largest absolute Gasteiger partial charge is 0.466 e. The molecule has 0 spiro atoms. The van der Waals surface area contributed by atoms with Gasteiger partial charge in [-0.2, -0.15) is 0 Å². The molecule has 1 heterocycles. The number of oxime groups is 1. The van der Waals surface area contributed by atoms with Crippen LogP contribution < -0.4 is 0 Å². The van der Waals surface area contributed by atoms with Crippen molar-refractivity contribution in [2.45, 2.75) is 57.0 Å². The minimum absolute atomic E-state index is 0.0426. The maximum absolute atomic E-state index is 13.2. The van der Waals surface area contributed by atoms with Crippen molar-refractivity contribution in [2.24, 2.45) is 5.16 Å². The van der Waals surface area contributed by atoms with E-state index in [2.05, 4.69) is 39.0 Å². The third-order valence-electron chi connectivity index (χ3n) is 6.13. The lowest BCUT2D eigenvalue weighted by Crippen LogP contribution is -2.52. The number of methoxy groups -OCH3 is 1. The summed E-state index contributed by atoms with van der Waals surface area (Å²) in [5.41, 5.74) is 1.12. The van der Waals surface area contributed by atoms with Gasteiger partial charge in [0.25, 0.3) is 5.60 Å². The summed E-state index contributed by atoms with van der Waals surface area (Å²) < 4.78 is 12.0. The molecule has 0 N–H and O–H groups in total. The molecule has 2 atom stereocenters. The number of esters is 1. The SMILES string of the molecule is COC(=O)[C@@]1([C@H](O[Si](C)(C)C(C)(C)C)c2ccccc2)CC(c2ccccc2)=NO1. The van der Waals surface area contributed by atoms with Crippen LogP contribution in [-0.2, 0) is 18.8 Å². The molecule has 160 valence electrons. The topological polar surface area (TPSA) is 57.1 Å². The van der Waals surface area contributed by atoms with Gasteiger partial charge in [-0.05, 0) is 29.3 Å². The number of nitrogens with zero attached hydrogens (tertiary/aromatic N) is 1. The van der Waals surface area contributed by atoms with Crippen LogP contribution in [0.15, 0.2) is 65.8 Å². The molecule has 1 aliphatic rings. The van der Waals surface area contributed by atoms with Crippen molar-refractivity contribution < 1.29 is 18.8 Å². The fourth-order valence-corrected chi connectivity index (χ4v) is 4.57. The number of rotatable bonds is 6. The highest BCUT2D eigenvalue weighted by Gasteiger charge is 2.58. The van der Waals surface area contributed by atoms with Gasteiger partial charge >= 0.3 is 5.97 Å². The Morgan fingerprint density at radius 3 is 2.17 bits per heavy atom. The number of hydrogen-bond donors (Lipinski definition) is 0. The molecular formula is C24H31NO4Si. The smallest absolute Gasteiger partial charge is 0.356 e. The standard InChI is InChI=1S/C24H31NO4Si/c1-23(2,3)30(5,6)28-21(19-15-11-8-12-16-19)24(22(26)27-4)17-20(25-29-24)18-13-9-7-10-14-18/h7-16,21H,17H2,1-6H3/t21-,24+/m1/s1. The molecule has 0 radical (unpaired) electrons. The van der Waals surface area contributed by atoms with Gasteiger partial charge < -0.3 is 14.0 Å². The Bertz CT molecular complexity index is 906. The minimum Gasteiger partial charge on any atom is -0.466 e. The van der Waals surface area contributed by atoms with E-state index < -0.39 is 26.0 Å². The first-order valence-electron chi connectivity index (χ1n) is 10.2. The Labute approximate surface area is 180 Å². The third-order valence-corrected chi connectivity index (χ3v) is 10.6. The molecule has 0 aliphatic carbocycles. The first-order chi connectivity index (χ1) is 14.1. The van der Waals surface area contributed by atoms with E-state index in [4.69, 9.17) is 14.0 Å². The van der Waals surface area contributed by atoms with E-state index in [0.717, 1.165) is 11.1 Å². The van der Waals surface area contributed by atoms with Gasteiger partial charge in [-0.15, -0.1) is 0 Å². The van der Waals surface area contributed by atoms with Gasteiger partial charge in [0, 0.05) is 0 Å². The minimum atomic E-state index is -2.26. The Morgan fingerprint density at radius 1 is 1.07 bits per heavy atom. The van der Waals surface area contributed by atoms with Crippen LogP contribution in [0.2, 0.25) is 18.1 Å². The predicted molar refractivity (Wildman–Crippen MR) is 121 cm³/mol. The molecule has 0 saturated heterocycles. The lowest BCUT2D eigenvalue weighted by molar-refractivity contribution is -0.180. The van der Waals surface area contributed by atoms with Crippen molar-refractivity contribution in [3.63, 3.8) is 0 Å². The summed E-state index contributed by atoms with van der Waals surface area (Å²) in [7, 11) is -0.887. The Hall–Kier alpha value is -2.44. The third kappa shape index (κ3) is 4.20. The van der Waals surface area contributed by atoms with Crippen molar-refractivity contribution in [2.75, 3.05) is 7.11 Å². The van der Waals surface area contributed by atoms with Gasteiger partial charge in [0.1, 0.15) is 6.10 Å². The Balaban J connectivity index is 2.07. The zero-order valence-corrected chi connectivity index (χ0v) is 19.6. The van der Waals surface area contributed by atoms with E-state index in [0.29, 0.717) is 5.71 Å². The molecule has 1 aliphatic heterocycles. The Morgan fingerprint density at radius 2 is 1.63 bits per heavy atom. The van der Waals surface area contributed by atoms with Gasteiger partial charge in [-0.25, -0.2) is 4.79 Å². The van der Waals surface area contributed by atoms with Gasteiger partial charge in [0.05, 0.1) is 19.2 Å². The van der Waals surface area contributed by atoms with E-state index in [9.17, 15) is 4.79 Å². The molecule has 0 fully saturated rings. The maximum atomic E-state index is 13.2. The molecule has 0 bridgehead atoms. The van der Waals surface area contributed by atoms with E-state index in [1.54, 1.807) is 0 Å². The molecule has 3 rings (SSSR count). The second-order valence-corrected chi connectivity index (χ2v) is 14.0. The molecule has 2 aromatic rings. The average Bonchev–Trinajstić information content (AvgIpc) is 3.18. The summed E-state index contributed by atoms with van der Waals surface area (Å²) in [6, 6.07) is 19.5. The summed E-state index contributed by atoms with van der Waals surface area (Å²) in [5.74, 6) is -0.482. The van der Waals surface area contributed by atoms with Gasteiger partial charge in [-0.3, -0.25) is 0 Å². The second kappa shape index (κ2) is 8.36. The van der Waals surface area contributed by atoms with Crippen LogP contribution in [0, 0.1) is 0 Å². The van der Waals surface area contributed by atoms with E-state index in [1.807, 2.05) is 60.7 Å². The monoisotopic (exact) mass is 425 g/mol. The van der Waals surface area contributed by atoms with E-state index >= 15 is 0 Å². The number of carbonyl (C=O) groups is 1. The van der Waals surface area contributed by atoms with Gasteiger partial charge in [-0.1, -0.05) is 86.6 Å². The molecule has 0 aromatic heterocycles. The number of carbonyl (C=O) groups excluding carboxylic acids is 1. The van der Waals surface area contributed by atoms with Crippen LogP contribution in [0.1, 0.15) is 44.4 Å². The quantitative estimate of drug-likeness (QED) is 0.454. The van der Waals surface area contributed by atoms with Crippen LogP contribution in [0.4, 0.5) is 0 Å². The zero-order chi connectivity index (χ0) is 22.0. The summed E-state index contributed by atoms with van der Waals surface area (Å²) in [5, 5.41) is 4.28. The van der Waals surface area contributed by atoms with Gasteiger partial charge in [0.15, 0.2) is 8.32 Å². The van der Waals surface area contributed by atoms with Crippen molar-refractivity contribution in [3.8, 4) is 0 Å². The zero-order valence-electron chi connectivity index (χ0n) is 18.6. The van der Waals surface area contributed by atoms with Crippen molar-refractivity contribution in [3.05, 3.63) is 71.8 Å². The molecule has 2 aromatic carbocycles. The summed E-state index contributed by atoms with van der Waals surface area (Å²) in [6.07, 6.45) is -0.366. The first kappa shape index (κ1) is 22.2. The van der Waals surface area contributed by atoms with Crippen LogP contribution in [0.5, 0.6) is 0 Å². The molecule has 30 heavy (non-hydrogen) atoms. The number of hydrogen-bond acceptors (Lipinski definition) is 5. The highest BCUT2D eigenvalue weighted by atomic mass is 28.4. The van der Waals surface area contributed by atoms with Crippen LogP contribution in [0.25, 0.3) is 0 Å². The normalized spacial score (nSPS) is 20.3. The molecule has 0 saturated carbocycles. The Kier molecular flexibility index (Phi) is 6.20.